The highest BCUT2D eigenvalue weighted by atomic mass is 16.1. The summed E-state index contributed by atoms with van der Waals surface area (Å²) >= 11 is 0. The SMILES string of the molecule is CCC1CCCCC1CCC(=O)C(C)(C)C. The molecule has 1 aliphatic rings. The lowest BCUT2D eigenvalue weighted by Crippen LogP contribution is -2.24. The van der Waals surface area contributed by atoms with Crippen LogP contribution in [0.5, 0.6) is 0 Å². The van der Waals surface area contributed by atoms with Crippen LogP contribution in [0.15, 0.2) is 0 Å². The van der Waals surface area contributed by atoms with E-state index >= 15 is 0 Å². The fraction of sp³-hybridized carbons (Fsp3) is 0.933. The number of hydrogen-bond donors (Lipinski definition) is 0. The van der Waals surface area contributed by atoms with Crippen molar-refractivity contribution in [3.05, 3.63) is 0 Å². The largest absolute Gasteiger partial charge is 0.299 e. The average molecular weight is 224 g/mol. The molecule has 94 valence electrons. The van der Waals surface area contributed by atoms with E-state index in [2.05, 4.69) is 6.92 Å². The first-order chi connectivity index (χ1) is 7.45. The maximum Gasteiger partial charge on any atom is 0.138 e. The van der Waals surface area contributed by atoms with Crippen molar-refractivity contribution < 1.29 is 4.79 Å². The molecule has 1 nitrogen and oxygen atoms in total. The number of rotatable bonds is 4. The highest BCUT2D eigenvalue weighted by molar-refractivity contribution is 5.83. The van der Waals surface area contributed by atoms with Gasteiger partial charge in [-0.25, -0.2) is 0 Å². The van der Waals surface area contributed by atoms with E-state index in [1.807, 2.05) is 20.8 Å². The van der Waals surface area contributed by atoms with Crippen molar-refractivity contribution >= 4 is 5.78 Å². The third kappa shape index (κ3) is 3.92. The van der Waals surface area contributed by atoms with Gasteiger partial charge in [-0.2, -0.15) is 0 Å². The van der Waals surface area contributed by atoms with Gasteiger partial charge in [-0.3, -0.25) is 4.79 Å². The van der Waals surface area contributed by atoms with E-state index in [4.69, 9.17) is 0 Å². The molecule has 0 aliphatic heterocycles. The lowest BCUT2D eigenvalue weighted by molar-refractivity contribution is -0.126. The van der Waals surface area contributed by atoms with E-state index < -0.39 is 0 Å². The number of hydrogen-bond acceptors (Lipinski definition) is 1. The predicted molar refractivity (Wildman–Crippen MR) is 69.4 cm³/mol. The summed E-state index contributed by atoms with van der Waals surface area (Å²) in [6, 6.07) is 0. The fourth-order valence-electron chi connectivity index (χ4n) is 2.89. The normalized spacial score (nSPS) is 26.8. The molecular formula is C15H28O. The van der Waals surface area contributed by atoms with E-state index in [1.165, 1.54) is 32.1 Å². The fourth-order valence-corrected chi connectivity index (χ4v) is 2.89. The van der Waals surface area contributed by atoms with Crippen LogP contribution in [-0.4, -0.2) is 5.78 Å². The molecule has 0 saturated heterocycles. The molecule has 16 heavy (non-hydrogen) atoms. The van der Waals surface area contributed by atoms with Gasteiger partial charge in [0.1, 0.15) is 5.78 Å². The Morgan fingerprint density at radius 3 is 2.19 bits per heavy atom. The van der Waals surface area contributed by atoms with Crippen LogP contribution in [0.1, 0.15) is 72.6 Å². The molecule has 1 heteroatoms. The minimum absolute atomic E-state index is 0.142. The van der Waals surface area contributed by atoms with Gasteiger partial charge in [-0.05, 0) is 18.3 Å². The molecule has 2 unspecified atom stereocenters. The summed E-state index contributed by atoms with van der Waals surface area (Å²) in [6.45, 7) is 8.41. The highest BCUT2D eigenvalue weighted by Crippen LogP contribution is 2.35. The molecule has 2 atom stereocenters. The van der Waals surface area contributed by atoms with Crippen LogP contribution in [0.4, 0.5) is 0 Å². The Hall–Kier alpha value is -0.330. The Morgan fingerprint density at radius 1 is 1.12 bits per heavy atom. The lowest BCUT2D eigenvalue weighted by atomic mass is 9.74. The first-order valence-corrected chi connectivity index (χ1v) is 6.98. The van der Waals surface area contributed by atoms with Crippen LogP contribution in [0.25, 0.3) is 0 Å². The highest BCUT2D eigenvalue weighted by Gasteiger charge is 2.26. The minimum atomic E-state index is -0.142. The van der Waals surface area contributed by atoms with E-state index in [0.29, 0.717) is 5.78 Å². The monoisotopic (exact) mass is 224 g/mol. The molecule has 1 rings (SSSR count). The topological polar surface area (TPSA) is 17.1 Å². The van der Waals surface area contributed by atoms with Crippen molar-refractivity contribution in [2.24, 2.45) is 17.3 Å². The molecule has 0 aromatic carbocycles. The number of Topliss-reactive ketones (excluding diaryl/α,β-unsaturated/α-hetero) is 1. The Kier molecular flexibility index (Phi) is 5.01. The van der Waals surface area contributed by atoms with Crippen molar-refractivity contribution in [1.29, 1.82) is 0 Å². The summed E-state index contributed by atoms with van der Waals surface area (Å²) in [6.07, 6.45) is 8.77. The molecule has 1 aliphatic carbocycles. The zero-order valence-electron chi connectivity index (χ0n) is 11.5. The van der Waals surface area contributed by atoms with Crippen molar-refractivity contribution in [2.45, 2.75) is 72.6 Å². The molecular weight excluding hydrogens is 196 g/mol. The molecule has 0 N–H and O–H groups in total. The summed E-state index contributed by atoms with van der Waals surface area (Å²) < 4.78 is 0. The van der Waals surface area contributed by atoms with Gasteiger partial charge in [0.2, 0.25) is 0 Å². The molecule has 0 heterocycles. The van der Waals surface area contributed by atoms with E-state index in [9.17, 15) is 4.79 Å². The molecule has 0 bridgehead atoms. The molecule has 0 spiro atoms. The Morgan fingerprint density at radius 2 is 1.69 bits per heavy atom. The van der Waals surface area contributed by atoms with Crippen LogP contribution < -0.4 is 0 Å². The lowest BCUT2D eigenvalue weighted by Gasteiger charge is -2.31. The Labute approximate surface area is 101 Å². The average Bonchev–Trinajstić information content (AvgIpc) is 2.24. The second kappa shape index (κ2) is 5.84. The predicted octanol–water partition coefficient (Wildman–Crippen LogP) is 4.60. The van der Waals surface area contributed by atoms with Crippen molar-refractivity contribution in [1.82, 2.24) is 0 Å². The summed E-state index contributed by atoms with van der Waals surface area (Å²) in [7, 11) is 0. The summed E-state index contributed by atoms with van der Waals surface area (Å²) in [5.74, 6) is 2.15. The molecule has 0 amide bonds. The zero-order chi connectivity index (χ0) is 12.2. The number of ketones is 1. The second-order valence-electron chi connectivity index (χ2n) is 6.42. The van der Waals surface area contributed by atoms with E-state index in [1.54, 1.807) is 0 Å². The zero-order valence-corrected chi connectivity index (χ0v) is 11.5. The van der Waals surface area contributed by atoms with Gasteiger partial charge in [-0.15, -0.1) is 0 Å². The van der Waals surface area contributed by atoms with Crippen LogP contribution in [0.3, 0.4) is 0 Å². The number of carbonyl (C=O) groups excluding carboxylic acids is 1. The summed E-state index contributed by atoms with van der Waals surface area (Å²) in [5, 5.41) is 0. The van der Waals surface area contributed by atoms with Gasteiger partial charge in [0, 0.05) is 11.8 Å². The van der Waals surface area contributed by atoms with Crippen LogP contribution in [-0.2, 0) is 4.79 Å². The minimum Gasteiger partial charge on any atom is -0.299 e. The van der Waals surface area contributed by atoms with E-state index in [0.717, 1.165) is 24.7 Å². The Bertz CT molecular complexity index is 224. The van der Waals surface area contributed by atoms with Crippen molar-refractivity contribution in [3.63, 3.8) is 0 Å². The first-order valence-electron chi connectivity index (χ1n) is 6.98. The Balaban J connectivity index is 2.38. The molecule has 0 aromatic heterocycles. The molecule has 0 aromatic rings. The summed E-state index contributed by atoms with van der Waals surface area (Å²) in [5.41, 5.74) is -0.142. The molecule has 1 saturated carbocycles. The van der Waals surface area contributed by atoms with Crippen molar-refractivity contribution in [3.8, 4) is 0 Å². The van der Waals surface area contributed by atoms with Gasteiger partial charge in [-0.1, -0.05) is 59.8 Å². The molecule has 1 fully saturated rings. The van der Waals surface area contributed by atoms with Crippen LogP contribution in [0.2, 0.25) is 0 Å². The van der Waals surface area contributed by atoms with Gasteiger partial charge in [0.25, 0.3) is 0 Å². The third-order valence-corrected chi connectivity index (χ3v) is 4.17. The maximum atomic E-state index is 11.9. The second-order valence-corrected chi connectivity index (χ2v) is 6.42. The summed E-state index contributed by atoms with van der Waals surface area (Å²) in [4.78, 5) is 11.9. The smallest absolute Gasteiger partial charge is 0.138 e. The van der Waals surface area contributed by atoms with Gasteiger partial charge in [0.05, 0.1) is 0 Å². The van der Waals surface area contributed by atoms with Crippen LogP contribution >= 0.6 is 0 Å². The maximum absolute atomic E-state index is 11.9. The molecule has 0 radical (unpaired) electrons. The van der Waals surface area contributed by atoms with E-state index in [-0.39, 0.29) is 5.41 Å². The first kappa shape index (κ1) is 13.7. The van der Waals surface area contributed by atoms with Gasteiger partial charge < -0.3 is 0 Å². The quantitative estimate of drug-likeness (QED) is 0.682. The van der Waals surface area contributed by atoms with Gasteiger partial charge >= 0.3 is 0 Å². The third-order valence-electron chi connectivity index (χ3n) is 4.17. The van der Waals surface area contributed by atoms with Gasteiger partial charge in [0.15, 0.2) is 0 Å². The van der Waals surface area contributed by atoms with Crippen LogP contribution in [0, 0.1) is 17.3 Å². The number of carbonyl (C=O) groups is 1. The van der Waals surface area contributed by atoms with Crippen molar-refractivity contribution in [2.75, 3.05) is 0 Å². The standard InChI is InChI=1S/C15H28O/c1-5-12-8-6-7-9-13(12)10-11-14(16)15(2,3)4/h12-13H,5-11H2,1-4H3.